The zero-order valence-corrected chi connectivity index (χ0v) is 21.0. The fourth-order valence-electron chi connectivity index (χ4n) is 6.38. The summed E-state index contributed by atoms with van der Waals surface area (Å²) in [4.78, 5) is 19.8. The number of piperidine rings is 1. The third-order valence-corrected chi connectivity index (χ3v) is 8.84. The number of hydrogen-bond acceptors (Lipinski definition) is 9. The molecule has 12 heteroatoms. The molecule has 8 atom stereocenters. The molecule has 2 bridgehead atoms. The van der Waals surface area contributed by atoms with Crippen molar-refractivity contribution in [2.75, 3.05) is 6.61 Å². The number of nitrogens with zero attached hydrogens (tertiary/aromatic N) is 1. The van der Waals surface area contributed by atoms with Gasteiger partial charge in [-0.15, -0.1) is 0 Å². The highest BCUT2D eigenvalue weighted by atomic mass is 31.2. The van der Waals surface area contributed by atoms with Crippen molar-refractivity contribution in [3.8, 4) is 0 Å². The van der Waals surface area contributed by atoms with Gasteiger partial charge in [0, 0.05) is 5.41 Å². The number of ether oxygens (including phenoxy) is 1. The van der Waals surface area contributed by atoms with Crippen LogP contribution in [0.4, 0.5) is 0 Å². The minimum Gasteiger partial charge on any atom is -0.387 e. The molecule has 0 aromatic carbocycles. The number of rotatable bonds is 4. The number of hydrogen-bond donors (Lipinski definition) is 7. The molecule has 1 aliphatic carbocycles. The van der Waals surface area contributed by atoms with E-state index in [1.807, 2.05) is 6.08 Å². The zero-order chi connectivity index (χ0) is 25.3. The Bertz CT molecular complexity index is 797. The molecule has 2 saturated heterocycles. The van der Waals surface area contributed by atoms with Crippen molar-refractivity contribution < 1.29 is 44.0 Å². The molecule has 3 fully saturated rings. The lowest BCUT2D eigenvalue weighted by molar-refractivity contribution is -0.207. The van der Waals surface area contributed by atoms with Gasteiger partial charge in [-0.3, -0.25) is 9.84 Å². The third kappa shape index (κ3) is 5.80. The van der Waals surface area contributed by atoms with Crippen LogP contribution in [-0.4, -0.2) is 84.3 Å². The van der Waals surface area contributed by atoms with E-state index >= 15 is 0 Å². The standard InChI is InChI=1S/C23H41N2O9P/c26-17-16(14-33-35(30,31)32)34-19(18(17)27)25-13-12-22-10-8-6-4-2-1-3-5-7-9-11-23(25,15-22)21(29)24-20(22)28/h12-13,16-21,24,26-29H,1-11,14-15H2,(H2,30,31,32). The summed E-state index contributed by atoms with van der Waals surface area (Å²) in [6.45, 7) is -0.590. The molecule has 4 rings (SSSR count). The van der Waals surface area contributed by atoms with Gasteiger partial charge >= 0.3 is 7.82 Å². The normalized spacial score (nSPS) is 43.7. The van der Waals surface area contributed by atoms with Crippen molar-refractivity contribution in [3.63, 3.8) is 0 Å². The van der Waals surface area contributed by atoms with Crippen LogP contribution in [0.1, 0.15) is 77.0 Å². The van der Waals surface area contributed by atoms with Gasteiger partial charge in [0.05, 0.1) is 12.1 Å². The van der Waals surface area contributed by atoms with Crippen molar-refractivity contribution in [2.24, 2.45) is 5.41 Å². The van der Waals surface area contributed by atoms with Crippen LogP contribution >= 0.6 is 7.82 Å². The van der Waals surface area contributed by atoms with Crippen LogP contribution in [0.5, 0.6) is 0 Å². The highest BCUT2D eigenvalue weighted by Gasteiger charge is 2.61. The Morgan fingerprint density at radius 2 is 1.51 bits per heavy atom. The van der Waals surface area contributed by atoms with Crippen molar-refractivity contribution in [1.82, 2.24) is 10.2 Å². The summed E-state index contributed by atoms with van der Waals surface area (Å²) in [5.74, 6) is 0. The Labute approximate surface area is 206 Å². The smallest absolute Gasteiger partial charge is 0.387 e. The van der Waals surface area contributed by atoms with E-state index in [1.54, 1.807) is 11.1 Å². The van der Waals surface area contributed by atoms with Gasteiger partial charge in [-0.05, 0) is 25.5 Å². The highest BCUT2D eigenvalue weighted by Crippen LogP contribution is 2.52. The lowest BCUT2D eigenvalue weighted by Gasteiger charge is -2.61. The number of aliphatic hydroxyl groups is 4. The van der Waals surface area contributed by atoms with E-state index in [4.69, 9.17) is 14.5 Å². The molecule has 3 aliphatic heterocycles. The summed E-state index contributed by atoms with van der Waals surface area (Å²) in [6, 6.07) is 0. The summed E-state index contributed by atoms with van der Waals surface area (Å²) in [6.07, 6.45) is 8.19. The minimum atomic E-state index is -4.78. The summed E-state index contributed by atoms with van der Waals surface area (Å²) in [7, 11) is -4.78. The first-order chi connectivity index (χ1) is 16.6. The van der Waals surface area contributed by atoms with Gasteiger partial charge < -0.3 is 39.8 Å². The number of phosphoric acid groups is 1. The average Bonchev–Trinajstić information content (AvgIpc) is 3.08. The van der Waals surface area contributed by atoms with Crippen molar-refractivity contribution >= 4 is 7.82 Å². The maximum atomic E-state index is 11.3. The van der Waals surface area contributed by atoms with E-state index in [-0.39, 0.29) is 0 Å². The molecular formula is C23H41N2O9P. The molecule has 4 aliphatic rings. The molecule has 8 unspecified atom stereocenters. The Morgan fingerprint density at radius 1 is 0.914 bits per heavy atom. The molecule has 0 aromatic heterocycles. The molecule has 35 heavy (non-hydrogen) atoms. The molecule has 11 nitrogen and oxygen atoms in total. The number of nitrogens with one attached hydrogen (secondary N) is 1. The molecule has 1 saturated carbocycles. The molecular weight excluding hydrogens is 479 g/mol. The van der Waals surface area contributed by atoms with Gasteiger partial charge in [0.1, 0.15) is 30.8 Å². The summed E-state index contributed by atoms with van der Waals surface area (Å²) in [5, 5.41) is 46.6. The largest absolute Gasteiger partial charge is 0.469 e. The topological polar surface area (TPSA) is 172 Å². The molecule has 7 N–H and O–H groups in total. The van der Waals surface area contributed by atoms with Gasteiger partial charge in [0.15, 0.2) is 6.23 Å². The minimum absolute atomic E-state index is 0.457. The first-order valence-electron chi connectivity index (χ1n) is 12.9. The Kier molecular flexibility index (Phi) is 8.65. The van der Waals surface area contributed by atoms with Crippen LogP contribution in [0.2, 0.25) is 0 Å². The number of phosphoric ester groups is 1. The van der Waals surface area contributed by atoms with Crippen LogP contribution < -0.4 is 5.32 Å². The quantitative estimate of drug-likeness (QED) is 0.264. The first-order valence-corrected chi connectivity index (χ1v) is 14.4. The van der Waals surface area contributed by atoms with E-state index in [0.717, 1.165) is 38.5 Å². The SMILES string of the molecule is O=P(O)(O)OCC1OC(N2C=CC34CCCCCCCCCCCC2(C3)C(O)NC4O)C(O)C1O. The molecule has 3 heterocycles. The Balaban J connectivity index is 1.62. The van der Waals surface area contributed by atoms with Crippen molar-refractivity contribution in [3.05, 3.63) is 12.3 Å². The Hall–Kier alpha value is -0.590. The maximum absolute atomic E-state index is 11.3. The van der Waals surface area contributed by atoms with E-state index in [1.165, 1.54) is 25.7 Å². The van der Waals surface area contributed by atoms with Gasteiger partial charge in [0.2, 0.25) is 0 Å². The predicted octanol–water partition coefficient (Wildman–Crippen LogP) is 1.03. The maximum Gasteiger partial charge on any atom is 0.469 e. The van der Waals surface area contributed by atoms with Crippen LogP contribution in [0.15, 0.2) is 12.3 Å². The Morgan fingerprint density at radius 3 is 2.14 bits per heavy atom. The third-order valence-electron chi connectivity index (χ3n) is 8.36. The van der Waals surface area contributed by atoms with Gasteiger partial charge in [-0.25, -0.2) is 4.57 Å². The molecule has 0 amide bonds. The van der Waals surface area contributed by atoms with E-state index in [9.17, 15) is 25.0 Å². The molecule has 0 radical (unpaired) electrons. The van der Waals surface area contributed by atoms with E-state index < -0.39 is 62.4 Å². The monoisotopic (exact) mass is 520 g/mol. The molecule has 0 spiro atoms. The zero-order valence-electron chi connectivity index (χ0n) is 20.1. The fraction of sp³-hybridized carbons (Fsp3) is 0.913. The van der Waals surface area contributed by atoms with Crippen molar-refractivity contribution in [1.29, 1.82) is 0 Å². The molecule has 0 aromatic rings. The van der Waals surface area contributed by atoms with Crippen LogP contribution in [0.25, 0.3) is 0 Å². The van der Waals surface area contributed by atoms with Gasteiger partial charge in [-0.2, -0.15) is 0 Å². The lowest BCUT2D eigenvalue weighted by Crippen LogP contribution is -2.74. The van der Waals surface area contributed by atoms with Crippen LogP contribution in [0.3, 0.4) is 0 Å². The van der Waals surface area contributed by atoms with Crippen LogP contribution in [-0.2, 0) is 13.8 Å². The second kappa shape index (κ2) is 11.0. The second-order valence-electron chi connectivity index (χ2n) is 10.7. The predicted molar refractivity (Wildman–Crippen MR) is 125 cm³/mol. The second-order valence-corrected chi connectivity index (χ2v) is 12.0. The first kappa shape index (κ1) is 27.4. The van der Waals surface area contributed by atoms with Crippen LogP contribution in [0, 0.1) is 5.41 Å². The average molecular weight is 521 g/mol. The summed E-state index contributed by atoms with van der Waals surface area (Å²) < 4.78 is 21.5. The van der Waals surface area contributed by atoms with Gasteiger partial charge in [-0.1, -0.05) is 63.9 Å². The summed E-state index contributed by atoms with van der Waals surface area (Å²) in [5.41, 5.74) is -1.48. The van der Waals surface area contributed by atoms with E-state index in [2.05, 4.69) is 9.84 Å². The fourth-order valence-corrected chi connectivity index (χ4v) is 6.73. The van der Waals surface area contributed by atoms with Crippen molar-refractivity contribution in [2.45, 2.75) is 120 Å². The number of aliphatic hydroxyl groups excluding tert-OH is 4. The van der Waals surface area contributed by atoms with Gasteiger partial charge in [0.25, 0.3) is 0 Å². The molecule has 202 valence electrons. The van der Waals surface area contributed by atoms with E-state index in [0.29, 0.717) is 12.8 Å². The summed E-state index contributed by atoms with van der Waals surface area (Å²) >= 11 is 0. The highest BCUT2D eigenvalue weighted by molar-refractivity contribution is 7.46. The lowest BCUT2D eigenvalue weighted by atomic mass is 9.63.